The van der Waals surface area contributed by atoms with E-state index in [1.165, 1.54) is 0 Å². The maximum Gasteiger partial charge on any atom is 0.258 e. The summed E-state index contributed by atoms with van der Waals surface area (Å²) in [7, 11) is 0. The zero-order chi connectivity index (χ0) is 29.2. The summed E-state index contributed by atoms with van der Waals surface area (Å²) in [5.74, 6) is -3.71. The molecule has 2 rings (SSSR count). The number of unbranched alkanes of at least 4 members (excludes halogenated alkanes) is 2. The van der Waals surface area contributed by atoms with Crippen LogP contribution < -0.4 is 26.8 Å². The van der Waals surface area contributed by atoms with Crippen molar-refractivity contribution >= 4 is 23.4 Å². The summed E-state index contributed by atoms with van der Waals surface area (Å²) in [6.45, 7) is 7.69. The SMILES string of the molecule is CC(C)C[C@H](N)[C@@H](O)C1C(=O)C[C@H](NC(=O)COc2ccccc2)C(=O)[C@]1(C(=O)NCCCCCN)C(C)C. The van der Waals surface area contributed by atoms with Crippen molar-refractivity contribution in [2.24, 2.45) is 34.6 Å². The Balaban J connectivity index is 2.36. The number of amides is 2. The van der Waals surface area contributed by atoms with Crippen molar-refractivity contribution < 1.29 is 29.0 Å². The molecular formula is C29H46N4O6. The Morgan fingerprint density at radius 1 is 1.10 bits per heavy atom. The number of aliphatic hydroxyl groups is 1. The third-order valence-corrected chi connectivity index (χ3v) is 7.39. The summed E-state index contributed by atoms with van der Waals surface area (Å²) in [5, 5.41) is 16.8. The third kappa shape index (κ3) is 8.09. The molecule has 1 aromatic carbocycles. The molecule has 0 spiro atoms. The molecule has 0 saturated heterocycles. The molecule has 0 aliphatic heterocycles. The van der Waals surface area contributed by atoms with Crippen molar-refractivity contribution in [2.45, 2.75) is 78.0 Å². The maximum atomic E-state index is 14.1. The van der Waals surface area contributed by atoms with E-state index in [9.17, 15) is 24.3 Å². The molecule has 218 valence electrons. The second-order valence-electron chi connectivity index (χ2n) is 11.1. The normalized spacial score (nSPS) is 23.0. The Kier molecular flexibility index (Phi) is 12.5. The Morgan fingerprint density at radius 3 is 2.36 bits per heavy atom. The number of para-hydroxylation sites is 1. The van der Waals surface area contributed by atoms with E-state index in [1.807, 2.05) is 19.9 Å². The van der Waals surface area contributed by atoms with Gasteiger partial charge < -0.3 is 31.9 Å². The van der Waals surface area contributed by atoms with Gasteiger partial charge >= 0.3 is 0 Å². The number of rotatable bonds is 15. The monoisotopic (exact) mass is 546 g/mol. The molecule has 5 atom stereocenters. The number of nitrogens with two attached hydrogens (primary N) is 2. The molecule has 1 aromatic rings. The minimum Gasteiger partial charge on any atom is -0.484 e. The molecule has 0 radical (unpaired) electrons. The van der Waals surface area contributed by atoms with Gasteiger partial charge in [0.15, 0.2) is 12.4 Å². The third-order valence-electron chi connectivity index (χ3n) is 7.39. The second-order valence-corrected chi connectivity index (χ2v) is 11.1. The highest BCUT2D eigenvalue weighted by Crippen LogP contribution is 2.46. The van der Waals surface area contributed by atoms with Crippen LogP contribution in [0.5, 0.6) is 5.75 Å². The second kappa shape index (κ2) is 15.1. The summed E-state index contributed by atoms with van der Waals surface area (Å²) in [6, 6.07) is 6.67. The quantitative estimate of drug-likeness (QED) is 0.162. The lowest BCUT2D eigenvalue weighted by atomic mass is 9.55. The number of benzene rings is 1. The lowest BCUT2D eigenvalue weighted by Gasteiger charge is -2.48. The van der Waals surface area contributed by atoms with Gasteiger partial charge in [0.2, 0.25) is 5.91 Å². The van der Waals surface area contributed by atoms with Gasteiger partial charge in [0.1, 0.15) is 16.9 Å². The van der Waals surface area contributed by atoms with Crippen LogP contribution in [0.15, 0.2) is 30.3 Å². The van der Waals surface area contributed by atoms with Gasteiger partial charge in [-0.05, 0) is 49.8 Å². The Morgan fingerprint density at radius 2 is 1.77 bits per heavy atom. The molecule has 39 heavy (non-hydrogen) atoms. The number of ether oxygens (including phenoxy) is 1. The first-order valence-electron chi connectivity index (χ1n) is 13.9. The maximum absolute atomic E-state index is 14.1. The van der Waals surface area contributed by atoms with E-state index in [4.69, 9.17) is 16.2 Å². The highest BCUT2D eigenvalue weighted by atomic mass is 16.5. The fourth-order valence-electron chi connectivity index (χ4n) is 5.48. The molecule has 7 N–H and O–H groups in total. The molecular weight excluding hydrogens is 500 g/mol. The number of ketones is 2. The first-order chi connectivity index (χ1) is 18.5. The number of hydrogen-bond acceptors (Lipinski definition) is 8. The lowest BCUT2D eigenvalue weighted by molar-refractivity contribution is -0.168. The Hall–Kier alpha value is -2.82. The highest BCUT2D eigenvalue weighted by Gasteiger charge is 2.64. The predicted octanol–water partition coefficient (Wildman–Crippen LogP) is 1.33. The summed E-state index contributed by atoms with van der Waals surface area (Å²) in [4.78, 5) is 54.4. The van der Waals surface area contributed by atoms with Gasteiger partial charge in [-0.1, -0.05) is 52.3 Å². The van der Waals surface area contributed by atoms with Gasteiger partial charge in [0.25, 0.3) is 5.91 Å². The minimum absolute atomic E-state index is 0.130. The smallest absolute Gasteiger partial charge is 0.258 e. The number of hydrogen-bond donors (Lipinski definition) is 5. The zero-order valence-corrected chi connectivity index (χ0v) is 23.7. The Bertz CT molecular complexity index is 970. The van der Waals surface area contributed by atoms with E-state index in [-0.39, 0.29) is 25.5 Å². The molecule has 10 heteroatoms. The van der Waals surface area contributed by atoms with E-state index < -0.39 is 58.8 Å². The van der Waals surface area contributed by atoms with Crippen LogP contribution in [0, 0.1) is 23.2 Å². The Labute approximate surface area is 231 Å². The molecule has 2 amide bonds. The molecule has 1 aliphatic carbocycles. The van der Waals surface area contributed by atoms with Crippen LogP contribution in [0.3, 0.4) is 0 Å². The van der Waals surface area contributed by atoms with Gasteiger partial charge in [-0.15, -0.1) is 0 Å². The van der Waals surface area contributed by atoms with Gasteiger partial charge in [-0.3, -0.25) is 19.2 Å². The zero-order valence-electron chi connectivity index (χ0n) is 23.7. The van der Waals surface area contributed by atoms with Crippen molar-refractivity contribution in [3.05, 3.63) is 30.3 Å². The molecule has 1 unspecified atom stereocenters. The van der Waals surface area contributed by atoms with E-state index in [1.54, 1.807) is 38.1 Å². The fraction of sp³-hybridized carbons (Fsp3) is 0.655. The van der Waals surface area contributed by atoms with Gasteiger partial charge in [-0.25, -0.2) is 0 Å². The summed E-state index contributed by atoms with van der Waals surface area (Å²) < 4.78 is 5.48. The standard InChI is InChI=1S/C29H46N4O6/c1-18(2)15-21(31)26(36)25-23(34)16-22(33-24(35)17-39-20-11-7-5-8-12-20)27(37)29(25,19(3)4)28(38)32-14-10-6-9-13-30/h5,7-8,11-12,18-19,21-22,25-26,36H,6,9-10,13-17,30-31H2,1-4H3,(H,32,38)(H,33,35)/t21-,22-,25?,26+,29-/m0/s1. The van der Waals surface area contributed by atoms with Crippen LogP contribution in [0.4, 0.5) is 0 Å². The van der Waals surface area contributed by atoms with Crippen LogP contribution in [0.25, 0.3) is 0 Å². The van der Waals surface area contributed by atoms with Crippen molar-refractivity contribution in [2.75, 3.05) is 19.7 Å². The molecule has 0 bridgehead atoms. The van der Waals surface area contributed by atoms with E-state index in [0.717, 1.165) is 12.8 Å². The predicted molar refractivity (Wildman–Crippen MR) is 149 cm³/mol. The average molecular weight is 547 g/mol. The summed E-state index contributed by atoms with van der Waals surface area (Å²) in [6.07, 6.45) is 0.898. The van der Waals surface area contributed by atoms with E-state index >= 15 is 0 Å². The molecule has 1 saturated carbocycles. The number of aliphatic hydroxyl groups excluding tert-OH is 1. The van der Waals surface area contributed by atoms with Crippen LogP contribution in [0.2, 0.25) is 0 Å². The van der Waals surface area contributed by atoms with Gasteiger partial charge in [0, 0.05) is 19.0 Å². The molecule has 10 nitrogen and oxygen atoms in total. The first kappa shape index (κ1) is 32.4. The van der Waals surface area contributed by atoms with Crippen LogP contribution in [-0.4, -0.2) is 66.4 Å². The van der Waals surface area contributed by atoms with Crippen molar-refractivity contribution in [1.82, 2.24) is 10.6 Å². The molecule has 1 aliphatic rings. The largest absolute Gasteiger partial charge is 0.484 e. The van der Waals surface area contributed by atoms with Crippen molar-refractivity contribution in [3.63, 3.8) is 0 Å². The molecule has 0 aromatic heterocycles. The van der Waals surface area contributed by atoms with Crippen LogP contribution in [-0.2, 0) is 19.2 Å². The van der Waals surface area contributed by atoms with E-state index in [2.05, 4.69) is 10.6 Å². The van der Waals surface area contributed by atoms with Crippen molar-refractivity contribution in [3.8, 4) is 5.75 Å². The van der Waals surface area contributed by atoms with Crippen molar-refractivity contribution in [1.29, 1.82) is 0 Å². The average Bonchev–Trinajstić information content (AvgIpc) is 2.88. The van der Waals surface area contributed by atoms with E-state index in [0.29, 0.717) is 25.1 Å². The number of nitrogens with one attached hydrogen (secondary N) is 2. The topological polar surface area (TPSA) is 174 Å². The first-order valence-corrected chi connectivity index (χ1v) is 13.9. The summed E-state index contributed by atoms with van der Waals surface area (Å²) in [5.41, 5.74) is 9.95. The molecule has 0 heterocycles. The van der Waals surface area contributed by atoms with Crippen LogP contribution in [0.1, 0.15) is 59.8 Å². The number of carbonyl (C=O) groups excluding carboxylic acids is 4. The highest BCUT2D eigenvalue weighted by molar-refractivity contribution is 6.16. The fourth-order valence-corrected chi connectivity index (χ4v) is 5.48. The van der Waals surface area contributed by atoms with Gasteiger partial charge in [0.05, 0.1) is 18.1 Å². The van der Waals surface area contributed by atoms with Gasteiger partial charge in [-0.2, -0.15) is 0 Å². The van der Waals surface area contributed by atoms with Crippen LogP contribution >= 0.6 is 0 Å². The minimum atomic E-state index is -1.91. The summed E-state index contributed by atoms with van der Waals surface area (Å²) >= 11 is 0. The number of Topliss-reactive ketones (excluding diaryl/α,β-unsaturated/α-hetero) is 2. The number of carbonyl (C=O) groups is 4. The lowest BCUT2D eigenvalue weighted by Crippen LogP contribution is -2.69. The molecule has 1 fully saturated rings.